The second-order valence-corrected chi connectivity index (χ2v) is 4.46. The van der Waals surface area contributed by atoms with E-state index in [1.165, 1.54) is 0 Å². The molecule has 0 aliphatic carbocycles. The number of hydrogen-bond donors (Lipinski definition) is 1. The Bertz CT molecular complexity index is 312. The van der Waals surface area contributed by atoms with Gasteiger partial charge in [-0.1, -0.05) is 15.9 Å². The quantitative estimate of drug-likeness (QED) is 0.895. The Morgan fingerprint density at radius 1 is 1.33 bits per heavy atom. The van der Waals surface area contributed by atoms with Crippen molar-refractivity contribution in [1.29, 1.82) is 0 Å². The third-order valence-corrected chi connectivity index (χ3v) is 2.89. The third kappa shape index (κ3) is 2.93. The van der Waals surface area contributed by atoms with Gasteiger partial charge in [-0.15, -0.1) is 0 Å². The van der Waals surface area contributed by atoms with E-state index in [9.17, 15) is 5.11 Å². The molecule has 0 saturated carbocycles. The van der Waals surface area contributed by atoms with Gasteiger partial charge in [-0.2, -0.15) is 0 Å². The highest BCUT2D eigenvalue weighted by Gasteiger charge is 2.25. The van der Waals surface area contributed by atoms with Crippen LogP contribution in [0.25, 0.3) is 0 Å². The minimum atomic E-state index is -0.526. The lowest BCUT2D eigenvalue weighted by molar-refractivity contribution is -0.0750. The molecule has 0 aromatic heterocycles. The molecule has 82 valence electrons. The first kappa shape index (κ1) is 10.9. The summed E-state index contributed by atoms with van der Waals surface area (Å²) in [5.74, 6) is 0.782. The van der Waals surface area contributed by atoms with E-state index < -0.39 is 6.10 Å². The number of halogens is 1. The molecule has 1 heterocycles. The molecule has 1 fully saturated rings. The Morgan fingerprint density at radius 2 is 2.07 bits per heavy atom. The van der Waals surface area contributed by atoms with Crippen LogP contribution in [0.3, 0.4) is 0 Å². The maximum absolute atomic E-state index is 9.63. The van der Waals surface area contributed by atoms with Gasteiger partial charge in [0.05, 0.1) is 13.2 Å². The van der Waals surface area contributed by atoms with Crippen LogP contribution in [0.1, 0.15) is 6.42 Å². The first-order valence-electron chi connectivity index (χ1n) is 4.94. The standard InChI is InChI=1S/C11H13BrO3/c12-8-1-3-9(4-2-8)15-11-5-6-14-7-10(11)13/h1-4,10-11,13H,5-7H2/t10-,11?/m1/s1. The van der Waals surface area contributed by atoms with Gasteiger partial charge < -0.3 is 14.6 Å². The molecule has 3 nitrogen and oxygen atoms in total. The van der Waals surface area contributed by atoms with Gasteiger partial charge in [0.15, 0.2) is 0 Å². The first-order chi connectivity index (χ1) is 7.25. The van der Waals surface area contributed by atoms with Crippen LogP contribution in [0.5, 0.6) is 5.75 Å². The minimum absolute atomic E-state index is 0.153. The van der Waals surface area contributed by atoms with E-state index in [1.54, 1.807) is 0 Å². The molecule has 1 aliphatic rings. The average Bonchev–Trinajstić information content (AvgIpc) is 2.25. The summed E-state index contributed by atoms with van der Waals surface area (Å²) < 4.78 is 11.8. The Morgan fingerprint density at radius 3 is 2.73 bits per heavy atom. The highest BCUT2D eigenvalue weighted by Crippen LogP contribution is 2.20. The highest BCUT2D eigenvalue weighted by atomic mass is 79.9. The van der Waals surface area contributed by atoms with Crippen molar-refractivity contribution in [3.05, 3.63) is 28.7 Å². The summed E-state index contributed by atoms with van der Waals surface area (Å²) in [5.41, 5.74) is 0. The molecule has 2 rings (SSSR count). The first-order valence-corrected chi connectivity index (χ1v) is 5.73. The molecule has 4 heteroatoms. The van der Waals surface area contributed by atoms with Crippen LogP contribution in [0.4, 0.5) is 0 Å². The second kappa shape index (κ2) is 4.96. The van der Waals surface area contributed by atoms with E-state index in [4.69, 9.17) is 9.47 Å². The van der Waals surface area contributed by atoms with E-state index in [2.05, 4.69) is 15.9 Å². The summed E-state index contributed by atoms with van der Waals surface area (Å²) in [6.45, 7) is 1.01. The number of benzene rings is 1. The maximum Gasteiger partial charge on any atom is 0.129 e. The van der Waals surface area contributed by atoms with Crippen LogP contribution in [0, 0.1) is 0 Å². The Hall–Kier alpha value is -0.580. The lowest BCUT2D eigenvalue weighted by Gasteiger charge is -2.28. The van der Waals surface area contributed by atoms with Crippen molar-refractivity contribution < 1.29 is 14.6 Å². The molecule has 15 heavy (non-hydrogen) atoms. The average molecular weight is 273 g/mol. The lowest BCUT2D eigenvalue weighted by Crippen LogP contribution is -2.40. The number of rotatable bonds is 2. The fourth-order valence-electron chi connectivity index (χ4n) is 1.53. The summed E-state index contributed by atoms with van der Waals surface area (Å²) in [4.78, 5) is 0. The largest absolute Gasteiger partial charge is 0.488 e. The molecule has 0 radical (unpaired) electrons. The van der Waals surface area contributed by atoms with Crippen molar-refractivity contribution in [2.45, 2.75) is 18.6 Å². The van der Waals surface area contributed by atoms with Crippen LogP contribution in [-0.4, -0.2) is 30.5 Å². The van der Waals surface area contributed by atoms with Gasteiger partial charge in [0.2, 0.25) is 0 Å². The third-order valence-electron chi connectivity index (χ3n) is 2.37. The normalized spacial score (nSPS) is 26.3. The van der Waals surface area contributed by atoms with Crippen LogP contribution in [0.2, 0.25) is 0 Å². The highest BCUT2D eigenvalue weighted by molar-refractivity contribution is 9.10. The fraction of sp³-hybridized carbons (Fsp3) is 0.455. The molecule has 1 aliphatic heterocycles. The van der Waals surface area contributed by atoms with Crippen LogP contribution in [-0.2, 0) is 4.74 Å². The predicted molar refractivity (Wildman–Crippen MR) is 60.0 cm³/mol. The van der Waals surface area contributed by atoms with E-state index in [-0.39, 0.29) is 6.10 Å². The van der Waals surface area contributed by atoms with Gasteiger partial charge in [-0.3, -0.25) is 0 Å². The summed E-state index contributed by atoms with van der Waals surface area (Å²) >= 11 is 3.36. The van der Waals surface area contributed by atoms with Crippen LogP contribution in [0.15, 0.2) is 28.7 Å². The molecule has 0 bridgehead atoms. The zero-order chi connectivity index (χ0) is 10.7. The van der Waals surface area contributed by atoms with Gasteiger partial charge in [0, 0.05) is 10.9 Å². The molecule has 1 aromatic rings. The van der Waals surface area contributed by atoms with E-state index >= 15 is 0 Å². The zero-order valence-electron chi connectivity index (χ0n) is 8.23. The summed E-state index contributed by atoms with van der Waals surface area (Å²) in [6.07, 6.45) is 0.0550. The van der Waals surface area contributed by atoms with Gasteiger partial charge in [0.25, 0.3) is 0 Å². The summed E-state index contributed by atoms with van der Waals surface area (Å²) in [6, 6.07) is 7.60. The van der Waals surface area contributed by atoms with Crippen molar-refractivity contribution >= 4 is 15.9 Å². The monoisotopic (exact) mass is 272 g/mol. The Balaban J connectivity index is 1.98. The van der Waals surface area contributed by atoms with Gasteiger partial charge in [-0.05, 0) is 24.3 Å². The minimum Gasteiger partial charge on any atom is -0.488 e. The maximum atomic E-state index is 9.63. The van der Waals surface area contributed by atoms with Crippen molar-refractivity contribution in [2.75, 3.05) is 13.2 Å². The van der Waals surface area contributed by atoms with E-state index in [0.717, 1.165) is 16.6 Å². The van der Waals surface area contributed by atoms with Crippen LogP contribution >= 0.6 is 15.9 Å². The molecule has 1 unspecified atom stereocenters. The van der Waals surface area contributed by atoms with Gasteiger partial charge in [0.1, 0.15) is 18.0 Å². The van der Waals surface area contributed by atoms with E-state index in [1.807, 2.05) is 24.3 Å². The molecule has 0 amide bonds. The number of ether oxygens (including phenoxy) is 2. The SMILES string of the molecule is O[C@@H]1COCCC1Oc1ccc(Br)cc1. The topological polar surface area (TPSA) is 38.7 Å². The molecule has 2 atom stereocenters. The smallest absolute Gasteiger partial charge is 0.129 e. The summed E-state index contributed by atoms with van der Waals surface area (Å²) in [7, 11) is 0. The van der Waals surface area contributed by atoms with Crippen molar-refractivity contribution in [3.63, 3.8) is 0 Å². The summed E-state index contributed by atoms with van der Waals surface area (Å²) in [5, 5.41) is 9.63. The van der Waals surface area contributed by atoms with Gasteiger partial charge in [-0.25, -0.2) is 0 Å². The second-order valence-electron chi connectivity index (χ2n) is 3.54. The molecule has 0 spiro atoms. The predicted octanol–water partition coefficient (Wildman–Crippen LogP) is 1.98. The number of aliphatic hydroxyl groups is 1. The van der Waals surface area contributed by atoms with E-state index in [0.29, 0.717) is 13.2 Å². The fourth-order valence-corrected chi connectivity index (χ4v) is 1.79. The Kier molecular flexibility index (Phi) is 3.61. The number of aliphatic hydroxyl groups excluding tert-OH is 1. The molecular formula is C11H13BrO3. The van der Waals surface area contributed by atoms with Crippen molar-refractivity contribution in [3.8, 4) is 5.75 Å². The van der Waals surface area contributed by atoms with Crippen LogP contribution < -0.4 is 4.74 Å². The van der Waals surface area contributed by atoms with Crippen molar-refractivity contribution in [2.24, 2.45) is 0 Å². The molecule has 1 aromatic carbocycles. The lowest BCUT2D eigenvalue weighted by atomic mass is 10.1. The van der Waals surface area contributed by atoms with Gasteiger partial charge >= 0.3 is 0 Å². The molecular weight excluding hydrogens is 260 g/mol. The van der Waals surface area contributed by atoms with Crippen molar-refractivity contribution in [1.82, 2.24) is 0 Å². The number of hydrogen-bond acceptors (Lipinski definition) is 3. The molecule has 1 N–H and O–H groups in total. The molecule has 1 saturated heterocycles. The zero-order valence-corrected chi connectivity index (χ0v) is 9.81. The Labute approximate surface area is 97.1 Å².